The van der Waals surface area contributed by atoms with E-state index in [1.807, 2.05) is 4.90 Å². The molecular weight excluding hydrogens is 328 g/mol. The second-order valence-corrected chi connectivity index (χ2v) is 6.72. The molecule has 1 amide bonds. The first-order valence-corrected chi connectivity index (χ1v) is 9.05. The summed E-state index contributed by atoms with van der Waals surface area (Å²) in [6, 6.07) is 13.3. The molecule has 0 unspecified atom stereocenters. The molecule has 0 saturated carbocycles. The molecule has 1 fully saturated rings. The Balaban J connectivity index is 1.48. The Morgan fingerprint density at radius 3 is 2.54 bits per heavy atom. The molecule has 5 nitrogen and oxygen atoms in total. The van der Waals surface area contributed by atoms with Crippen LogP contribution in [0.4, 0.5) is 5.69 Å². The lowest BCUT2D eigenvalue weighted by atomic mass is 10.1. The van der Waals surface area contributed by atoms with Crippen molar-refractivity contribution in [2.45, 2.75) is 20.3 Å². The zero-order valence-electron chi connectivity index (χ0n) is 15.4. The number of hydrogen-bond acceptors (Lipinski definition) is 4. The van der Waals surface area contributed by atoms with Crippen LogP contribution in [0, 0.1) is 13.8 Å². The van der Waals surface area contributed by atoms with E-state index in [1.165, 1.54) is 16.8 Å². The number of ether oxygens (including phenoxy) is 1. The molecule has 0 aromatic heterocycles. The van der Waals surface area contributed by atoms with Crippen LogP contribution in [0.1, 0.15) is 17.5 Å². The minimum Gasteiger partial charge on any atom is -0.504 e. The molecule has 1 N–H and O–H groups in total. The van der Waals surface area contributed by atoms with Gasteiger partial charge in [0.1, 0.15) is 0 Å². The van der Waals surface area contributed by atoms with Crippen molar-refractivity contribution in [3.63, 3.8) is 0 Å². The van der Waals surface area contributed by atoms with Gasteiger partial charge in [-0.3, -0.25) is 4.79 Å². The zero-order chi connectivity index (χ0) is 18.5. The summed E-state index contributed by atoms with van der Waals surface area (Å²) < 4.78 is 5.51. The summed E-state index contributed by atoms with van der Waals surface area (Å²) in [6.45, 7) is 7.64. The lowest BCUT2D eigenvalue weighted by Gasteiger charge is -2.37. The summed E-state index contributed by atoms with van der Waals surface area (Å²) in [5.74, 6) is 0.614. The van der Waals surface area contributed by atoms with Crippen molar-refractivity contribution in [2.24, 2.45) is 0 Å². The predicted octanol–water partition coefficient (Wildman–Crippen LogP) is 3.13. The van der Waals surface area contributed by atoms with Crippen LogP contribution >= 0.6 is 0 Å². The highest BCUT2D eigenvalue weighted by molar-refractivity contribution is 5.76. The van der Waals surface area contributed by atoms with Crippen LogP contribution < -0.4 is 9.64 Å². The Morgan fingerprint density at radius 2 is 1.81 bits per heavy atom. The highest BCUT2D eigenvalue weighted by Gasteiger charge is 2.22. The maximum absolute atomic E-state index is 12.4. The Morgan fingerprint density at radius 1 is 1.08 bits per heavy atom. The highest BCUT2D eigenvalue weighted by atomic mass is 16.5. The summed E-state index contributed by atoms with van der Waals surface area (Å²) in [5, 5.41) is 9.68. The lowest BCUT2D eigenvalue weighted by molar-refractivity contribution is -0.132. The Bertz CT molecular complexity index is 768. The molecule has 1 aliphatic rings. The molecule has 138 valence electrons. The van der Waals surface area contributed by atoms with Gasteiger partial charge in [0.2, 0.25) is 5.91 Å². The van der Waals surface area contributed by atoms with E-state index in [-0.39, 0.29) is 18.3 Å². The van der Waals surface area contributed by atoms with E-state index in [0.29, 0.717) is 12.2 Å². The summed E-state index contributed by atoms with van der Waals surface area (Å²) in [4.78, 5) is 16.7. The largest absolute Gasteiger partial charge is 0.504 e. The molecule has 0 spiro atoms. The molecule has 0 radical (unpaired) electrons. The normalized spacial score (nSPS) is 14.4. The van der Waals surface area contributed by atoms with Crippen LogP contribution in [0.5, 0.6) is 11.5 Å². The standard InChI is InChI=1S/C21H26N2O3/c1-16-7-8-17(2)18(15-16)22-10-12-23(13-11-22)21(25)9-14-26-20-6-4-3-5-19(20)24/h3-8,15,24H,9-14H2,1-2H3. The minimum atomic E-state index is 0.0982. The van der Waals surface area contributed by atoms with Crippen molar-refractivity contribution in [3.05, 3.63) is 53.6 Å². The number of para-hydroxylation sites is 2. The number of anilines is 1. The van der Waals surface area contributed by atoms with E-state index in [0.717, 1.165) is 26.2 Å². The van der Waals surface area contributed by atoms with Gasteiger partial charge in [0.05, 0.1) is 13.0 Å². The van der Waals surface area contributed by atoms with Gasteiger partial charge in [-0.15, -0.1) is 0 Å². The monoisotopic (exact) mass is 354 g/mol. The second kappa shape index (κ2) is 8.13. The number of phenols is 1. The third-order valence-electron chi connectivity index (χ3n) is 4.78. The number of amides is 1. The van der Waals surface area contributed by atoms with Crippen molar-refractivity contribution in [1.82, 2.24) is 4.90 Å². The van der Waals surface area contributed by atoms with Gasteiger partial charge in [0.15, 0.2) is 11.5 Å². The Labute approximate surface area is 154 Å². The van der Waals surface area contributed by atoms with Crippen molar-refractivity contribution < 1.29 is 14.6 Å². The van der Waals surface area contributed by atoms with Gasteiger partial charge in [-0.2, -0.15) is 0 Å². The van der Waals surface area contributed by atoms with E-state index >= 15 is 0 Å². The lowest BCUT2D eigenvalue weighted by Crippen LogP contribution is -2.49. The molecule has 1 saturated heterocycles. The fourth-order valence-electron chi connectivity index (χ4n) is 3.24. The molecular formula is C21H26N2O3. The molecule has 1 aliphatic heterocycles. The molecule has 26 heavy (non-hydrogen) atoms. The average Bonchev–Trinajstić information content (AvgIpc) is 2.65. The molecule has 3 rings (SSSR count). The van der Waals surface area contributed by atoms with Gasteiger partial charge >= 0.3 is 0 Å². The molecule has 2 aromatic carbocycles. The molecule has 0 bridgehead atoms. The smallest absolute Gasteiger partial charge is 0.226 e. The van der Waals surface area contributed by atoms with Gasteiger partial charge in [-0.05, 0) is 43.2 Å². The highest BCUT2D eigenvalue weighted by Crippen LogP contribution is 2.25. The van der Waals surface area contributed by atoms with Crippen molar-refractivity contribution >= 4 is 11.6 Å². The number of nitrogens with zero attached hydrogens (tertiary/aromatic N) is 2. The quantitative estimate of drug-likeness (QED) is 0.896. The second-order valence-electron chi connectivity index (χ2n) is 6.72. The zero-order valence-corrected chi connectivity index (χ0v) is 15.4. The van der Waals surface area contributed by atoms with E-state index in [9.17, 15) is 9.90 Å². The van der Waals surface area contributed by atoms with Crippen LogP contribution in [0.3, 0.4) is 0 Å². The van der Waals surface area contributed by atoms with Crippen LogP contribution in [-0.2, 0) is 4.79 Å². The number of aryl methyl sites for hydroxylation is 2. The maximum atomic E-state index is 12.4. The molecule has 5 heteroatoms. The Hall–Kier alpha value is -2.69. The molecule has 0 atom stereocenters. The number of benzene rings is 2. The topological polar surface area (TPSA) is 53.0 Å². The van der Waals surface area contributed by atoms with Crippen molar-refractivity contribution in [1.29, 1.82) is 0 Å². The number of aromatic hydroxyl groups is 1. The third kappa shape index (κ3) is 4.28. The summed E-state index contributed by atoms with van der Waals surface area (Å²) in [6.07, 6.45) is 0.317. The molecule has 1 heterocycles. The number of hydrogen-bond donors (Lipinski definition) is 1. The maximum Gasteiger partial charge on any atom is 0.226 e. The number of phenolic OH excluding ortho intramolecular Hbond substituents is 1. The summed E-state index contributed by atoms with van der Waals surface area (Å²) in [5.41, 5.74) is 3.79. The van der Waals surface area contributed by atoms with Gasteiger partial charge in [-0.1, -0.05) is 24.3 Å². The van der Waals surface area contributed by atoms with E-state index in [2.05, 4.69) is 36.9 Å². The fraction of sp³-hybridized carbons (Fsp3) is 0.381. The first-order valence-electron chi connectivity index (χ1n) is 9.05. The van der Waals surface area contributed by atoms with E-state index < -0.39 is 0 Å². The minimum absolute atomic E-state index is 0.0982. The number of carbonyl (C=O) groups excluding carboxylic acids is 1. The van der Waals surface area contributed by atoms with Crippen molar-refractivity contribution in [3.8, 4) is 11.5 Å². The SMILES string of the molecule is Cc1ccc(C)c(N2CCN(C(=O)CCOc3ccccc3O)CC2)c1. The van der Waals surface area contributed by atoms with Crippen LogP contribution in [0.15, 0.2) is 42.5 Å². The van der Waals surface area contributed by atoms with Crippen LogP contribution in [0.2, 0.25) is 0 Å². The van der Waals surface area contributed by atoms with E-state index in [4.69, 9.17) is 4.74 Å². The van der Waals surface area contributed by atoms with E-state index in [1.54, 1.807) is 24.3 Å². The molecule has 2 aromatic rings. The van der Waals surface area contributed by atoms with Crippen LogP contribution in [-0.4, -0.2) is 48.7 Å². The first kappa shape index (κ1) is 18.1. The molecule has 0 aliphatic carbocycles. The van der Waals surface area contributed by atoms with Crippen LogP contribution in [0.25, 0.3) is 0 Å². The summed E-state index contributed by atoms with van der Waals surface area (Å²) in [7, 11) is 0. The van der Waals surface area contributed by atoms with Crippen molar-refractivity contribution in [2.75, 3.05) is 37.7 Å². The van der Waals surface area contributed by atoms with Gasteiger partial charge in [0.25, 0.3) is 0 Å². The van der Waals surface area contributed by atoms with Gasteiger partial charge in [0, 0.05) is 31.9 Å². The van der Waals surface area contributed by atoms with Gasteiger partial charge < -0.3 is 19.6 Å². The Kier molecular flexibility index (Phi) is 5.66. The number of carbonyl (C=O) groups is 1. The number of rotatable bonds is 5. The first-order chi connectivity index (χ1) is 12.5. The van der Waals surface area contributed by atoms with Gasteiger partial charge in [-0.25, -0.2) is 0 Å². The third-order valence-corrected chi connectivity index (χ3v) is 4.78. The number of piperazine rings is 1. The fourth-order valence-corrected chi connectivity index (χ4v) is 3.24. The average molecular weight is 354 g/mol. The predicted molar refractivity (Wildman–Crippen MR) is 103 cm³/mol. The summed E-state index contributed by atoms with van der Waals surface area (Å²) >= 11 is 0.